The monoisotopic (exact) mass is 268 g/mol. The van der Waals surface area contributed by atoms with E-state index in [9.17, 15) is 0 Å². The van der Waals surface area contributed by atoms with Gasteiger partial charge in [0.05, 0.1) is 0 Å². The Morgan fingerprint density at radius 2 is 1.48 bits per heavy atom. The summed E-state index contributed by atoms with van der Waals surface area (Å²) in [6, 6.07) is 21.8. The molecule has 0 amide bonds. The fraction of sp³-hybridized carbons (Fsp3) is 0.0476. The SMILES string of the molecule is C1=CCc2c(cccc2-c2cccc3ccccc23)C=C1. The molecule has 0 heteroatoms. The molecule has 4 rings (SSSR count). The smallest absolute Gasteiger partial charge is 0.00822 e. The van der Waals surface area contributed by atoms with Crippen molar-refractivity contribution < 1.29 is 0 Å². The highest BCUT2D eigenvalue weighted by Crippen LogP contribution is 2.33. The topological polar surface area (TPSA) is 0 Å². The van der Waals surface area contributed by atoms with Crippen LogP contribution in [0.4, 0.5) is 0 Å². The molecule has 3 aromatic rings. The molecular weight excluding hydrogens is 252 g/mol. The Labute approximate surface area is 125 Å². The van der Waals surface area contributed by atoms with E-state index in [0.29, 0.717) is 0 Å². The van der Waals surface area contributed by atoms with Gasteiger partial charge in [-0.05, 0) is 39.4 Å². The summed E-state index contributed by atoms with van der Waals surface area (Å²) in [4.78, 5) is 0. The Kier molecular flexibility index (Phi) is 2.93. The third-order valence-electron chi connectivity index (χ3n) is 4.14. The van der Waals surface area contributed by atoms with Crippen LogP contribution in [-0.4, -0.2) is 0 Å². The second-order valence-electron chi connectivity index (χ2n) is 5.39. The molecule has 0 nitrogen and oxygen atoms in total. The van der Waals surface area contributed by atoms with Crippen molar-refractivity contribution in [3.05, 3.63) is 90.0 Å². The first-order valence-corrected chi connectivity index (χ1v) is 7.37. The Morgan fingerprint density at radius 3 is 2.48 bits per heavy atom. The average molecular weight is 268 g/mol. The maximum Gasteiger partial charge on any atom is -0.00822 e. The molecule has 0 heterocycles. The molecule has 100 valence electrons. The van der Waals surface area contributed by atoms with Crippen LogP contribution in [0.3, 0.4) is 0 Å². The molecular formula is C21H16. The maximum absolute atomic E-state index is 2.24. The van der Waals surface area contributed by atoms with Crippen molar-refractivity contribution in [2.75, 3.05) is 0 Å². The predicted octanol–water partition coefficient (Wildman–Crippen LogP) is 5.63. The number of benzene rings is 3. The fourth-order valence-electron chi connectivity index (χ4n) is 3.12. The van der Waals surface area contributed by atoms with Gasteiger partial charge in [0.2, 0.25) is 0 Å². The van der Waals surface area contributed by atoms with Crippen LogP contribution >= 0.6 is 0 Å². The lowest BCUT2D eigenvalue weighted by Crippen LogP contribution is -1.92. The molecule has 0 fully saturated rings. The molecule has 0 radical (unpaired) electrons. The van der Waals surface area contributed by atoms with Gasteiger partial charge in [0, 0.05) is 0 Å². The summed E-state index contributed by atoms with van der Waals surface area (Å²) < 4.78 is 0. The first-order chi connectivity index (χ1) is 10.4. The third kappa shape index (κ3) is 2.09. The zero-order valence-corrected chi connectivity index (χ0v) is 11.8. The summed E-state index contributed by atoms with van der Waals surface area (Å²) in [6.07, 6.45) is 9.68. The van der Waals surface area contributed by atoms with Crippen LogP contribution in [0.5, 0.6) is 0 Å². The van der Waals surface area contributed by atoms with Crippen molar-refractivity contribution in [2.24, 2.45) is 0 Å². The molecule has 0 bridgehead atoms. The lowest BCUT2D eigenvalue weighted by molar-refractivity contribution is 1.27. The number of hydrogen-bond donors (Lipinski definition) is 0. The van der Waals surface area contributed by atoms with Gasteiger partial charge in [0.15, 0.2) is 0 Å². The minimum atomic E-state index is 0.988. The van der Waals surface area contributed by atoms with Gasteiger partial charge in [0.1, 0.15) is 0 Å². The molecule has 0 saturated carbocycles. The highest BCUT2D eigenvalue weighted by Gasteiger charge is 2.10. The summed E-state index contributed by atoms with van der Waals surface area (Å²) in [7, 11) is 0. The van der Waals surface area contributed by atoms with E-state index in [1.54, 1.807) is 0 Å². The van der Waals surface area contributed by atoms with E-state index in [1.807, 2.05) is 0 Å². The van der Waals surface area contributed by atoms with Crippen LogP contribution in [-0.2, 0) is 6.42 Å². The van der Waals surface area contributed by atoms with Crippen LogP contribution in [0.25, 0.3) is 28.0 Å². The van der Waals surface area contributed by atoms with E-state index in [2.05, 4.69) is 85.0 Å². The lowest BCUT2D eigenvalue weighted by Gasteiger charge is -2.13. The predicted molar refractivity (Wildman–Crippen MR) is 91.3 cm³/mol. The van der Waals surface area contributed by atoms with Crippen molar-refractivity contribution in [2.45, 2.75) is 6.42 Å². The molecule has 0 aliphatic heterocycles. The molecule has 1 aliphatic carbocycles. The van der Waals surface area contributed by atoms with E-state index >= 15 is 0 Å². The average Bonchev–Trinajstić information content (AvgIpc) is 2.79. The molecule has 0 saturated heterocycles. The Balaban J connectivity index is 2.02. The van der Waals surface area contributed by atoms with E-state index in [-0.39, 0.29) is 0 Å². The normalized spacial score (nSPS) is 13.1. The molecule has 1 aliphatic rings. The summed E-state index contributed by atoms with van der Waals surface area (Å²) in [5.41, 5.74) is 5.42. The summed E-state index contributed by atoms with van der Waals surface area (Å²) in [6.45, 7) is 0. The second kappa shape index (κ2) is 5.06. The van der Waals surface area contributed by atoms with Crippen molar-refractivity contribution in [3.63, 3.8) is 0 Å². The molecule has 0 spiro atoms. The first-order valence-electron chi connectivity index (χ1n) is 7.37. The van der Waals surface area contributed by atoms with Crippen LogP contribution in [0, 0.1) is 0 Å². The minimum absolute atomic E-state index is 0.988. The van der Waals surface area contributed by atoms with E-state index in [0.717, 1.165) is 6.42 Å². The Morgan fingerprint density at radius 1 is 0.667 bits per heavy atom. The van der Waals surface area contributed by atoms with Gasteiger partial charge < -0.3 is 0 Å². The molecule has 0 N–H and O–H groups in total. The highest BCUT2D eigenvalue weighted by molar-refractivity contribution is 5.97. The quantitative estimate of drug-likeness (QED) is 0.536. The van der Waals surface area contributed by atoms with Gasteiger partial charge in [-0.3, -0.25) is 0 Å². The molecule has 21 heavy (non-hydrogen) atoms. The van der Waals surface area contributed by atoms with E-state index in [1.165, 1.54) is 33.0 Å². The lowest BCUT2D eigenvalue weighted by atomic mass is 9.91. The van der Waals surface area contributed by atoms with Crippen molar-refractivity contribution >= 4 is 16.8 Å². The highest BCUT2D eigenvalue weighted by atomic mass is 14.1. The summed E-state index contributed by atoms with van der Waals surface area (Å²) in [5, 5.41) is 2.62. The number of hydrogen-bond acceptors (Lipinski definition) is 0. The van der Waals surface area contributed by atoms with Crippen LogP contribution < -0.4 is 0 Å². The van der Waals surface area contributed by atoms with E-state index in [4.69, 9.17) is 0 Å². The number of fused-ring (bicyclic) bond motifs is 2. The third-order valence-corrected chi connectivity index (χ3v) is 4.14. The van der Waals surface area contributed by atoms with Crippen LogP contribution in [0.2, 0.25) is 0 Å². The van der Waals surface area contributed by atoms with Crippen molar-refractivity contribution in [1.29, 1.82) is 0 Å². The van der Waals surface area contributed by atoms with E-state index < -0.39 is 0 Å². The Hall–Kier alpha value is -2.60. The zero-order chi connectivity index (χ0) is 14.1. The largest absolute Gasteiger partial charge is 0.0801 e. The summed E-state index contributed by atoms with van der Waals surface area (Å²) in [5.74, 6) is 0. The van der Waals surface area contributed by atoms with Crippen LogP contribution in [0.1, 0.15) is 11.1 Å². The second-order valence-corrected chi connectivity index (χ2v) is 5.39. The Bertz CT molecular complexity index is 861. The summed E-state index contributed by atoms with van der Waals surface area (Å²) >= 11 is 0. The van der Waals surface area contributed by atoms with Gasteiger partial charge in [0.25, 0.3) is 0 Å². The van der Waals surface area contributed by atoms with Crippen LogP contribution in [0.15, 0.2) is 78.9 Å². The fourth-order valence-corrected chi connectivity index (χ4v) is 3.12. The molecule has 0 atom stereocenters. The number of allylic oxidation sites excluding steroid dienone is 3. The maximum atomic E-state index is 2.24. The van der Waals surface area contributed by atoms with Crippen molar-refractivity contribution in [1.82, 2.24) is 0 Å². The van der Waals surface area contributed by atoms with Gasteiger partial charge in [-0.2, -0.15) is 0 Å². The van der Waals surface area contributed by atoms with Gasteiger partial charge in [-0.15, -0.1) is 0 Å². The minimum Gasteiger partial charge on any atom is -0.0801 e. The van der Waals surface area contributed by atoms with Crippen molar-refractivity contribution in [3.8, 4) is 11.1 Å². The zero-order valence-electron chi connectivity index (χ0n) is 11.8. The molecule has 3 aromatic carbocycles. The number of rotatable bonds is 1. The van der Waals surface area contributed by atoms with Gasteiger partial charge >= 0.3 is 0 Å². The van der Waals surface area contributed by atoms with Gasteiger partial charge in [-0.1, -0.05) is 85.0 Å². The first kappa shape index (κ1) is 12.2. The molecule has 0 unspecified atom stereocenters. The molecule has 0 aromatic heterocycles. The standard InChI is InChI=1S/C21H16/c1-2-8-16-10-6-14-20(18(16)12-3-1)21-15-7-11-17-9-4-5-13-19(17)21/h1-11,13-15H,12H2. The van der Waals surface area contributed by atoms with Gasteiger partial charge in [-0.25, -0.2) is 0 Å².